The van der Waals surface area contributed by atoms with Gasteiger partial charge in [0.05, 0.1) is 5.71 Å². The van der Waals surface area contributed by atoms with E-state index >= 15 is 0 Å². The summed E-state index contributed by atoms with van der Waals surface area (Å²) in [7, 11) is 0. The van der Waals surface area contributed by atoms with Gasteiger partial charge in [0.15, 0.2) is 11.0 Å². The molecular formula is C19H18N4OS. The van der Waals surface area contributed by atoms with Gasteiger partial charge in [0.1, 0.15) is 0 Å². The summed E-state index contributed by atoms with van der Waals surface area (Å²) in [5.74, 6) is 1.29. The van der Waals surface area contributed by atoms with E-state index in [0.29, 0.717) is 18.0 Å². The van der Waals surface area contributed by atoms with E-state index in [1.54, 1.807) is 0 Å². The quantitative estimate of drug-likeness (QED) is 0.229. The van der Waals surface area contributed by atoms with Gasteiger partial charge >= 0.3 is 0 Å². The second-order valence-corrected chi connectivity index (χ2v) is 6.22. The lowest BCUT2D eigenvalue weighted by Crippen LogP contribution is -2.06. The molecule has 0 saturated heterocycles. The number of hydrogen-bond acceptors (Lipinski definition) is 5. The Bertz CT molecular complexity index is 860. The Morgan fingerprint density at radius 2 is 1.76 bits per heavy atom. The Labute approximate surface area is 150 Å². The number of allylic oxidation sites excluding steroid dienone is 1. The Kier molecular flexibility index (Phi) is 5.64. The zero-order chi connectivity index (χ0) is 17.5. The van der Waals surface area contributed by atoms with Crippen molar-refractivity contribution >= 4 is 17.5 Å². The summed E-state index contributed by atoms with van der Waals surface area (Å²) in [4.78, 5) is 0. The van der Waals surface area contributed by atoms with Crippen molar-refractivity contribution < 1.29 is 5.21 Å². The molecular weight excluding hydrogens is 332 g/mol. The van der Waals surface area contributed by atoms with Gasteiger partial charge in [-0.25, -0.2) is 0 Å². The van der Waals surface area contributed by atoms with E-state index in [0.717, 1.165) is 22.1 Å². The molecule has 0 fully saturated rings. The zero-order valence-electron chi connectivity index (χ0n) is 13.6. The molecule has 1 aromatic heterocycles. The van der Waals surface area contributed by atoms with Crippen LogP contribution in [0.5, 0.6) is 0 Å². The molecule has 25 heavy (non-hydrogen) atoms. The van der Waals surface area contributed by atoms with Crippen LogP contribution in [0.25, 0.3) is 11.4 Å². The number of thioether (sulfide) groups is 1. The molecule has 0 radical (unpaired) electrons. The van der Waals surface area contributed by atoms with Gasteiger partial charge in [0.25, 0.3) is 0 Å². The minimum Gasteiger partial charge on any atom is -0.411 e. The van der Waals surface area contributed by atoms with Crippen molar-refractivity contribution in [1.82, 2.24) is 14.8 Å². The van der Waals surface area contributed by atoms with E-state index < -0.39 is 0 Å². The predicted octanol–water partition coefficient (Wildman–Crippen LogP) is 4.10. The van der Waals surface area contributed by atoms with Crippen LogP contribution in [0.4, 0.5) is 0 Å². The van der Waals surface area contributed by atoms with Gasteiger partial charge in [-0.1, -0.05) is 83.7 Å². The number of rotatable bonds is 7. The molecule has 0 amide bonds. The number of aromatic nitrogens is 3. The molecule has 2 aromatic carbocycles. The molecule has 0 aliphatic carbocycles. The minimum atomic E-state index is 0.491. The fourth-order valence-electron chi connectivity index (χ4n) is 2.42. The molecule has 3 rings (SSSR count). The Balaban J connectivity index is 1.83. The Hall–Kier alpha value is -2.86. The van der Waals surface area contributed by atoms with Crippen molar-refractivity contribution in [3.63, 3.8) is 0 Å². The topological polar surface area (TPSA) is 63.3 Å². The largest absolute Gasteiger partial charge is 0.411 e. The van der Waals surface area contributed by atoms with Gasteiger partial charge < -0.3 is 5.21 Å². The fraction of sp³-hybridized carbons (Fsp3) is 0.105. The molecule has 0 unspecified atom stereocenters. The molecule has 6 heteroatoms. The minimum absolute atomic E-state index is 0.491. The van der Waals surface area contributed by atoms with Gasteiger partial charge in [0.2, 0.25) is 0 Å². The predicted molar refractivity (Wildman–Crippen MR) is 101 cm³/mol. The monoisotopic (exact) mass is 350 g/mol. The average molecular weight is 350 g/mol. The van der Waals surface area contributed by atoms with Crippen LogP contribution in [0, 0.1) is 0 Å². The molecule has 0 aliphatic heterocycles. The highest BCUT2D eigenvalue weighted by atomic mass is 32.2. The van der Waals surface area contributed by atoms with Crippen molar-refractivity contribution in [2.24, 2.45) is 5.16 Å². The third kappa shape index (κ3) is 3.97. The highest BCUT2D eigenvalue weighted by Crippen LogP contribution is 2.24. The smallest absolute Gasteiger partial charge is 0.192 e. The molecule has 0 atom stereocenters. The Morgan fingerprint density at radius 3 is 2.40 bits per heavy atom. The zero-order valence-corrected chi connectivity index (χ0v) is 14.4. The third-order valence-corrected chi connectivity index (χ3v) is 4.60. The third-order valence-electron chi connectivity index (χ3n) is 3.63. The van der Waals surface area contributed by atoms with Crippen LogP contribution in [0.15, 0.2) is 83.6 Å². The summed E-state index contributed by atoms with van der Waals surface area (Å²) in [5, 5.41) is 22.1. The molecule has 1 heterocycles. The van der Waals surface area contributed by atoms with Crippen LogP contribution in [0.1, 0.15) is 5.56 Å². The fourth-order valence-corrected chi connectivity index (χ4v) is 3.33. The summed E-state index contributed by atoms with van der Waals surface area (Å²) < 4.78 is 2.01. The highest BCUT2D eigenvalue weighted by molar-refractivity contribution is 7.99. The van der Waals surface area contributed by atoms with Crippen LogP contribution >= 0.6 is 11.8 Å². The van der Waals surface area contributed by atoms with E-state index in [1.165, 1.54) is 11.8 Å². The average Bonchev–Trinajstić information content (AvgIpc) is 3.07. The summed E-state index contributed by atoms with van der Waals surface area (Å²) in [5.41, 5.74) is 2.48. The van der Waals surface area contributed by atoms with E-state index in [-0.39, 0.29) is 0 Å². The number of hydrogen-bond donors (Lipinski definition) is 1. The van der Waals surface area contributed by atoms with E-state index in [2.05, 4.69) is 21.9 Å². The first-order chi connectivity index (χ1) is 12.3. The summed E-state index contributed by atoms with van der Waals surface area (Å²) in [6, 6.07) is 19.5. The van der Waals surface area contributed by atoms with Gasteiger partial charge in [-0.15, -0.1) is 16.8 Å². The van der Waals surface area contributed by atoms with Crippen LogP contribution in [0.2, 0.25) is 0 Å². The maximum absolute atomic E-state index is 9.33. The second-order valence-electron chi connectivity index (χ2n) is 5.27. The first-order valence-electron chi connectivity index (χ1n) is 7.82. The van der Waals surface area contributed by atoms with Gasteiger partial charge in [-0.3, -0.25) is 4.57 Å². The van der Waals surface area contributed by atoms with Crippen molar-refractivity contribution in [2.45, 2.75) is 11.7 Å². The van der Waals surface area contributed by atoms with Crippen molar-refractivity contribution in [3.05, 3.63) is 78.9 Å². The van der Waals surface area contributed by atoms with Gasteiger partial charge in [0, 0.05) is 23.4 Å². The van der Waals surface area contributed by atoms with E-state index in [4.69, 9.17) is 0 Å². The molecule has 5 nitrogen and oxygen atoms in total. The first kappa shape index (κ1) is 17.0. The lowest BCUT2D eigenvalue weighted by Gasteiger charge is -2.08. The first-order valence-corrected chi connectivity index (χ1v) is 8.80. The molecule has 3 aromatic rings. The maximum atomic E-state index is 9.33. The van der Waals surface area contributed by atoms with Crippen molar-refractivity contribution in [2.75, 3.05) is 5.75 Å². The highest BCUT2D eigenvalue weighted by Gasteiger charge is 2.15. The maximum Gasteiger partial charge on any atom is 0.192 e. The number of benzene rings is 2. The van der Waals surface area contributed by atoms with E-state index in [1.807, 2.05) is 71.3 Å². The SMILES string of the molecule is C=CCn1c(SC/C(=N\O)c2ccccc2)nnc1-c1ccccc1. The van der Waals surface area contributed by atoms with E-state index in [9.17, 15) is 5.21 Å². The van der Waals surface area contributed by atoms with Crippen LogP contribution in [-0.2, 0) is 6.54 Å². The summed E-state index contributed by atoms with van der Waals surface area (Å²) in [6.07, 6.45) is 1.82. The molecule has 0 aliphatic rings. The van der Waals surface area contributed by atoms with Crippen LogP contribution < -0.4 is 0 Å². The Morgan fingerprint density at radius 1 is 1.08 bits per heavy atom. The van der Waals surface area contributed by atoms with Crippen LogP contribution in [-0.4, -0.2) is 31.4 Å². The standard InChI is InChI=1S/C19H18N4OS/c1-2-13-23-18(16-11-7-4-8-12-16)20-21-19(23)25-14-17(22-24)15-9-5-3-6-10-15/h2-12,24H,1,13-14H2/b22-17+. The van der Waals surface area contributed by atoms with Gasteiger partial charge in [-0.05, 0) is 0 Å². The normalized spacial score (nSPS) is 11.4. The molecule has 0 spiro atoms. The second kappa shape index (κ2) is 8.30. The lowest BCUT2D eigenvalue weighted by molar-refractivity contribution is 0.319. The van der Waals surface area contributed by atoms with Crippen molar-refractivity contribution in [1.29, 1.82) is 0 Å². The van der Waals surface area contributed by atoms with Gasteiger partial charge in [-0.2, -0.15) is 0 Å². The van der Waals surface area contributed by atoms with Crippen molar-refractivity contribution in [3.8, 4) is 11.4 Å². The molecule has 0 bridgehead atoms. The molecule has 0 saturated carbocycles. The lowest BCUT2D eigenvalue weighted by atomic mass is 10.1. The number of oxime groups is 1. The number of nitrogens with zero attached hydrogens (tertiary/aromatic N) is 4. The summed E-state index contributed by atoms with van der Waals surface area (Å²) in [6.45, 7) is 4.43. The summed E-state index contributed by atoms with van der Waals surface area (Å²) >= 11 is 1.48. The molecule has 126 valence electrons. The van der Waals surface area contributed by atoms with Crippen LogP contribution in [0.3, 0.4) is 0 Å². The molecule has 1 N–H and O–H groups in total.